The van der Waals surface area contributed by atoms with E-state index in [9.17, 15) is 23.3 Å². The number of hydrogen-bond donors (Lipinski definition) is 1. The molecule has 0 unspecified atom stereocenters. The van der Waals surface area contributed by atoms with E-state index in [4.69, 9.17) is 4.74 Å². The predicted molar refractivity (Wildman–Crippen MR) is 136 cm³/mol. The number of benzene rings is 2. The second-order valence-electron chi connectivity index (χ2n) is 8.86. The number of nitrogens with one attached hydrogen (secondary N) is 1. The van der Waals surface area contributed by atoms with Crippen LogP contribution in [0.5, 0.6) is 5.75 Å². The number of nitrogens with zero attached hydrogens (tertiary/aromatic N) is 3. The largest absolute Gasteiger partial charge is 0.494 e. The van der Waals surface area contributed by atoms with Crippen molar-refractivity contribution in [2.24, 2.45) is 11.8 Å². The fourth-order valence-electron chi connectivity index (χ4n) is 3.48. The molecule has 10 nitrogen and oxygen atoms in total. The molecule has 0 saturated carbocycles. The van der Waals surface area contributed by atoms with Gasteiger partial charge in [0.1, 0.15) is 5.52 Å². The van der Waals surface area contributed by atoms with Gasteiger partial charge in [-0.15, -0.1) is 0 Å². The number of carbonyl (C=O) groups is 1. The van der Waals surface area contributed by atoms with Crippen molar-refractivity contribution in [3.63, 3.8) is 0 Å². The highest BCUT2D eigenvalue weighted by Crippen LogP contribution is 2.36. The van der Waals surface area contributed by atoms with Crippen LogP contribution in [0.3, 0.4) is 0 Å². The normalized spacial score (nSPS) is 12.0. The van der Waals surface area contributed by atoms with Crippen LogP contribution >= 0.6 is 11.3 Å². The van der Waals surface area contributed by atoms with Crippen LogP contribution < -0.4 is 10.1 Å². The SMILES string of the molecule is COc1cc([N+](=O)[O-])cc2sc(NC(=O)c3ccc(S(=O)(=O)N(CC(C)C)CC(C)C)cc3)nc12. The third kappa shape index (κ3) is 6.13. The predicted octanol–water partition coefficient (Wildman–Crippen LogP) is 4.77. The minimum Gasteiger partial charge on any atom is -0.494 e. The fourth-order valence-corrected chi connectivity index (χ4v) is 6.16. The number of amides is 1. The summed E-state index contributed by atoms with van der Waals surface area (Å²) < 4.78 is 33.5. The summed E-state index contributed by atoms with van der Waals surface area (Å²) in [5, 5.41) is 14.0. The maximum atomic E-state index is 13.2. The summed E-state index contributed by atoms with van der Waals surface area (Å²) in [5.74, 6) is 0.0837. The molecule has 188 valence electrons. The Kier molecular flexibility index (Phi) is 8.08. The molecule has 0 spiro atoms. The number of nitro groups is 1. The number of rotatable bonds is 10. The van der Waals surface area contributed by atoms with Crippen LogP contribution in [0.2, 0.25) is 0 Å². The van der Waals surface area contributed by atoms with Crippen molar-refractivity contribution in [1.29, 1.82) is 0 Å². The highest BCUT2D eigenvalue weighted by atomic mass is 32.2. The zero-order valence-electron chi connectivity index (χ0n) is 20.1. The van der Waals surface area contributed by atoms with E-state index in [1.807, 2.05) is 27.7 Å². The summed E-state index contributed by atoms with van der Waals surface area (Å²) in [6.45, 7) is 8.67. The Morgan fingerprint density at radius 3 is 2.26 bits per heavy atom. The number of nitro benzene ring substituents is 1. The number of aromatic nitrogens is 1. The number of carbonyl (C=O) groups excluding carboxylic acids is 1. The lowest BCUT2D eigenvalue weighted by Gasteiger charge is -2.25. The van der Waals surface area contributed by atoms with Crippen molar-refractivity contribution >= 4 is 48.3 Å². The number of hydrogen-bond acceptors (Lipinski definition) is 8. The van der Waals surface area contributed by atoms with Crippen LogP contribution in [-0.2, 0) is 10.0 Å². The van der Waals surface area contributed by atoms with Gasteiger partial charge >= 0.3 is 0 Å². The first-order valence-corrected chi connectivity index (χ1v) is 13.2. The molecule has 0 atom stereocenters. The smallest absolute Gasteiger partial charge is 0.274 e. The summed E-state index contributed by atoms with van der Waals surface area (Å²) in [6.07, 6.45) is 0. The number of thiazole rings is 1. The summed E-state index contributed by atoms with van der Waals surface area (Å²) in [5.41, 5.74) is 0.507. The number of methoxy groups -OCH3 is 1. The third-order valence-electron chi connectivity index (χ3n) is 4.99. The topological polar surface area (TPSA) is 132 Å². The number of fused-ring (bicyclic) bond motifs is 1. The fraction of sp³-hybridized carbons (Fsp3) is 0.391. The van der Waals surface area contributed by atoms with Crippen LogP contribution in [0.1, 0.15) is 38.1 Å². The monoisotopic (exact) mass is 520 g/mol. The molecular formula is C23H28N4O6S2. The Hall–Kier alpha value is -3.09. The van der Waals surface area contributed by atoms with Crippen LogP contribution in [0, 0.1) is 22.0 Å². The van der Waals surface area contributed by atoms with Crippen molar-refractivity contribution in [2.45, 2.75) is 32.6 Å². The maximum Gasteiger partial charge on any atom is 0.274 e. The molecule has 1 aromatic heterocycles. The average Bonchev–Trinajstić information content (AvgIpc) is 3.19. The van der Waals surface area contributed by atoms with Crippen molar-refractivity contribution in [3.8, 4) is 5.75 Å². The molecule has 0 fully saturated rings. The van der Waals surface area contributed by atoms with Gasteiger partial charge in [-0.25, -0.2) is 13.4 Å². The Balaban J connectivity index is 1.82. The molecule has 1 amide bonds. The van der Waals surface area contributed by atoms with E-state index in [1.165, 1.54) is 47.8 Å². The first kappa shape index (κ1) is 26.5. The lowest BCUT2D eigenvalue weighted by molar-refractivity contribution is -0.384. The van der Waals surface area contributed by atoms with Gasteiger partial charge in [-0.3, -0.25) is 20.2 Å². The summed E-state index contributed by atoms with van der Waals surface area (Å²) in [6, 6.07) is 8.37. The van der Waals surface area contributed by atoms with E-state index in [-0.39, 0.29) is 38.9 Å². The zero-order valence-corrected chi connectivity index (χ0v) is 21.8. The first-order valence-electron chi connectivity index (χ1n) is 11.0. The number of ether oxygens (including phenoxy) is 1. The van der Waals surface area contributed by atoms with Crippen molar-refractivity contribution < 1.29 is 22.9 Å². The third-order valence-corrected chi connectivity index (χ3v) is 7.75. The molecule has 35 heavy (non-hydrogen) atoms. The second-order valence-corrected chi connectivity index (χ2v) is 11.8. The molecular weight excluding hydrogens is 492 g/mol. The maximum absolute atomic E-state index is 13.2. The van der Waals surface area contributed by atoms with Gasteiger partial charge in [-0.2, -0.15) is 4.31 Å². The van der Waals surface area contributed by atoms with E-state index in [2.05, 4.69) is 10.3 Å². The van der Waals surface area contributed by atoms with E-state index >= 15 is 0 Å². The standard InChI is InChI=1S/C23H28N4O6S2/c1-14(2)12-26(13-15(3)4)35(31,32)18-8-6-16(7-9-18)22(28)25-23-24-21-19(33-5)10-17(27(29)30)11-20(21)34-23/h6-11,14-15H,12-13H2,1-5H3,(H,24,25,28). The minimum absolute atomic E-state index is 0.118. The molecule has 1 heterocycles. The average molecular weight is 521 g/mol. The number of non-ortho nitro benzene ring substituents is 1. The Bertz CT molecular complexity index is 1320. The molecule has 0 radical (unpaired) electrons. The Labute approximate surface area is 208 Å². The number of anilines is 1. The lowest BCUT2D eigenvalue weighted by Crippen LogP contribution is -2.37. The van der Waals surface area contributed by atoms with E-state index in [0.29, 0.717) is 23.3 Å². The molecule has 3 rings (SSSR count). The van der Waals surface area contributed by atoms with Gasteiger partial charge in [0.25, 0.3) is 11.6 Å². The van der Waals surface area contributed by atoms with Gasteiger partial charge in [0.15, 0.2) is 10.9 Å². The van der Waals surface area contributed by atoms with Crippen molar-refractivity contribution in [1.82, 2.24) is 9.29 Å². The highest BCUT2D eigenvalue weighted by molar-refractivity contribution is 7.89. The van der Waals surface area contributed by atoms with E-state index < -0.39 is 20.9 Å². The Morgan fingerprint density at radius 2 is 1.74 bits per heavy atom. The molecule has 0 aliphatic rings. The molecule has 0 aliphatic heterocycles. The second kappa shape index (κ2) is 10.7. The summed E-state index contributed by atoms with van der Waals surface area (Å²) >= 11 is 1.07. The number of sulfonamides is 1. The van der Waals surface area contributed by atoms with Crippen LogP contribution in [-0.4, -0.2) is 48.7 Å². The minimum atomic E-state index is -3.71. The molecule has 0 aliphatic carbocycles. The molecule has 2 aromatic carbocycles. The van der Waals surface area contributed by atoms with Gasteiger partial charge in [0.2, 0.25) is 10.0 Å². The quantitative estimate of drug-likeness (QED) is 0.301. The highest BCUT2D eigenvalue weighted by Gasteiger charge is 2.26. The van der Waals surface area contributed by atoms with Crippen LogP contribution in [0.4, 0.5) is 10.8 Å². The lowest BCUT2D eigenvalue weighted by atomic mass is 10.2. The van der Waals surface area contributed by atoms with Gasteiger partial charge in [-0.1, -0.05) is 39.0 Å². The zero-order chi connectivity index (χ0) is 25.9. The van der Waals surface area contributed by atoms with Gasteiger partial charge in [0, 0.05) is 24.7 Å². The van der Waals surface area contributed by atoms with E-state index in [1.54, 1.807) is 0 Å². The molecule has 0 bridgehead atoms. The van der Waals surface area contributed by atoms with Gasteiger partial charge < -0.3 is 4.74 Å². The molecule has 0 saturated heterocycles. The first-order chi connectivity index (χ1) is 16.4. The van der Waals surface area contributed by atoms with Gasteiger partial charge in [0.05, 0.1) is 27.7 Å². The Morgan fingerprint density at radius 1 is 1.14 bits per heavy atom. The summed E-state index contributed by atoms with van der Waals surface area (Å²) in [7, 11) is -2.32. The molecule has 12 heteroatoms. The van der Waals surface area contributed by atoms with Crippen LogP contribution in [0.15, 0.2) is 41.3 Å². The van der Waals surface area contributed by atoms with Crippen LogP contribution in [0.25, 0.3) is 10.2 Å². The van der Waals surface area contributed by atoms with Crippen molar-refractivity contribution in [3.05, 3.63) is 52.1 Å². The van der Waals surface area contributed by atoms with Gasteiger partial charge in [-0.05, 0) is 36.1 Å². The molecule has 1 N–H and O–H groups in total. The summed E-state index contributed by atoms with van der Waals surface area (Å²) in [4.78, 5) is 27.8. The van der Waals surface area contributed by atoms with E-state index in [0.717, 1.165) is 11.3 Å². The van der Waals surface area contributed by atoms with Crippen molar-refractivity contribution in [2.75, 3.05) is 25.5 Å². The molecule has 3 aromatic rings.